The second-order valence-electron chi connectivity index (χ2n) is 5.02. The van der Waals surface area contributed by atoms with Crippen molar-refractivity contribution >= 4 is 27.4 Å². The molecule has 0 amide bonds. The third kappa shape index (κ3) is 2.74. The lowest BCUT2D eigenvalue weighted by Gasteiger charge is -2.08. The van der Waals surface area contributed by atoms with Crippen LogP contribution in [-0.2, 0) is 0 Å². The fourth-order valence-electron chi connectivity index (χ4n) is 2.34. The highest BCUT2D eigenvalue weighted by Crippen LogP contribution is 2.31. The van der Waals surface area contributed by atoms with Gasteiger partial charge in [-0.05, 0) is 50.6 Å². The molecule has 0 saturated heterocycles. The molecule has 5 heteroatoms. The van der Waals surface area contributed by atoms with Crippen molar-refractivity contribution in [3.8, 4) is 11.4 Å². The number of benzene rings is 1. The van der Waals surface area contributed by atoms with Crippen LogP contribution < -0.4 is 5.32 Å². The number of rotatable bonds is 3. The Morgan fingerprint density at radius 2 is 1.95 bits per heavy atom. The number of nitrogens with one attached hydrogen (secondary N) is 1. The van der Waals surface area contributed by atoms with Crippen molar-refractivity contribution in [3.05, 3.63) is 40.5 Å². The van der Waals surface area contributed by atoms with Crippen LogP contribution in [0, 0.1) is 19.7 Å². The summed E-state index contributed by atoms with van der Waals surface area (Å²) in [5.41, 5.74) is 1.57. The van der Waals surface area contributed by atoms with Gasteiger partial charge in [0.25, 0.3) is 0 Å². The number of aromatic nitrogens is 2. The largest absolute Gasteiger partial charge is 0.370 e. The van der Waals surface area contributed by atoms with Crippen LogP contribution in [0.25, 0.3) is 21.6 Å². The van der Waals surface area contributed by atoms with E-state index in [9.17, 15) is 4.39 Å². The van der Waals surface area contributed by atoms with Gasteiger partial charge in [0.2, 0.25) is 0 Å². The van der Waals surface area contributed by atoms with E-state index in [0.717, 1.165) is 28.1 Å². The van der Waals surface area contributed by atoms with E-state index in [2.05, 4.69) is 21.4 Å². The minimum Gasteiger partial charge on any atom is -0.370 e. The zero-order chi connectivity index (χ0) is 15.0. The highest BCUT2D eigenvalue weighted by Gasteiger charge is 2.12. The maximum atomic E-state index is 13.6. The van der Waals surface area contributed by atoms with Crippen molar-refractivity contribution in [1.29, 1.82) is 0 Å². The van der Waals surface area contributed by atoms with Crippen LogP contribution in [-0.4, -0.2) is 16.5 Å². The molecular formula is C16H16FN3S. The van der Waals surface area contributed by atoms with Gasteiger partial charge in [-0.25, -0.2) is 14.4 Å². The van der Waals surface area contributed by atoms with Gasteiger partial charge in [0, 0.05) is 17.0 Å². The van der Waals surface area contributed by atoms with E-state index >= 15 is 0 Å². The molecule has 0 saturated carbocycles. The molecule has 3 nitrogen and oxygen atoms in total. The van der Waals surface area contributed by atoms with Gasteiger partial charge in [-0.2, -0.15) is 0 Å². The molecule has 0 atom stereocenters. The number of nitrogens with zero attached hydrogens (tertiary/aromatic N) is 2. The molecule has 2 heterocycles. The lowest BCUT2D eigenvalue weighted by molar-refractivity contribution is 0.627. The minimum absolute atomic E-state index is 0.263. The van der Waals surface area contributed by atoms with E-state index < -0.39 is 0 Å². The molecule has 108 valence electrons. The highest BCUT2D eigenvalue weighted by molar-refractivity contribution is 7.18. The summed E-state index contributed by atoms with van der Waals surface area (Å²) in [5.74, 6) is 1.10. The first kappa shape index (κ1) is 13.9. The predicted octanol–water partition coefficient (Wildman–Crippen LogP) is 4.55. The molecule has 0 unspecified atom stereocenters. The topological polar surface area (TPSA) is 37.8 Å². The number of aryl methyl sites for hydroxylation is 2. The Kier molecular flexibility index (Phi) is 3.59. The van der Waals surface area contributed by atoms with Crippen LogP contribution in [0.1, 0.15) is 17.4 Å². The van der Waals surface area contributed by atoms with Gasteiger partial charge < -0.3 is 5.32 Å². The van der Waals surface area contributed by atoms with Crippen molar-refractivity contribution in [2.24, 2.45) is 0 Å². The maximum Gasteiger partial charge on any atom is 0.163 e. The molecule has 21 heavy (non-hydrogen) atoms. The zero-order valence-electron chi connectivity index (χ0n) is 12.2. The number of fused-ring (bicyclic) bond motifs is 1. The van der Waals surface area contributed by atoms with E-state index in [1.807, 2.05) is 26.8 Å². The Hall–Kier alpha value is -2.01. The highest BCUT2D eigenvalue weighted by atomic mass is 32.1. The SMILES string of the molecule is CCNc1nc(-c2cc(C)cc(F)c2)nc2sc(C)cc12. The summed E-state index contributed by atoms with van der Waals surface area (Å²) >= 11 is 1.62. The molecule has 0 spiro atoms. The minimum atomic E-state index is -0.263. The van der Waals surface area contributed by atoms with Gasteiger partial charge in [0.05, 0.1) is 5.39 Å². The van der Waals surface area contributed by atoms with Crippen molar-refractivity contribution in [2.45, 2.75) is 20.8 Å². The van der Waals surface area contributed by atoms with E-state index in [1.54, 1.807) is 11.3 Å². The molecule has 0 aliphatic carbocycles. The first-order chi connectivity index (χ1) is 10.1. The molecule has 0 bridgehead atoms. The van der Waals surface area contributed by atoms with Crippen LogP contribution in [0.2, 0.25) is 0 Å². The summed E-state index contributed by atoms with van der Waals surface area (Å²) < 4.78 is 13.6. The molecule has 3 aromatic rings. The predicted molar refractivity (Wildman–Crippen MR) is 86.4 cm³/mol. The fourth-order valence-corrected chi connectivity index (χ4v) is 3.22. The van der Waals surface area contributed by atoms with Gasteiger partial charge >= 0.3 is 0 Å². The molecule has 3 rings (SSSR count). The first-order valence-corrected chi connectivity index (χ1v) is 7.68. The first-order valence-electron chi connectivity index (χ1n) is 6.86. The lowest BCUT2D eigenvalue weighted by Crippen LogP contribution is -2.02. The third-order valence-electron chi connectivity index (χ3n) is 3.16. The van der Waals surface area contributed by atoms with Crippen LogP contribution in [0.4, 0.5) is 10.2 Å². The Bertz CT molecular complexity index is 790. The third-order valence-corrected chi connectivity index (χ3v) is 4.10. The van der Waals surface area contributed by atoms with Gasteiger partial charge in [-0.1, -0.05) is 0 Å². The van der Waals surface area contributed by atoms with Gasteiger partial charge in [-0.15, -0.1) is 11.3 Å². The van der Waals surface area contributed by atoms with E-state index in [4.69, 9.17) is 0 Å². The average molecular weight is 301 g/mol. The Morgan fingerprint density at radius 3 is 2.67 bits per heavy atom. The Balaban J connectivity index is 2.22. The van der Waals surface area contributed by atoms with Crippen LogP contribution in [0.3, 0.4) is 0 Å². The van der Waals surface area contributed by atoms with Gasteiger partial charge in [-0.3, -0.25) is 0 Å². The quantitative estimate of drug-likeness (QED) is 0.771. The lowest BCUT2D eigenvalue weighted by atomic mass is 10.1. The van der Waals surface area contributed by atoms with Crippen LogP contribution in [0.15, 0.2) is 24.3 Å². The van der Waals surface area contributed by atoms with E-state index in [-0.39, 0.29) is 5.82 Å². The molecule has 0 aliphatic heterocycles. The number of halogens is 1. The number of hydrogen-bond acceptors (Lipinski definition) is 4. The summed E-state index contributed by atoms with van der Waals surface area (Å²) in [7, 11) is 0. The monoisotopic (exact) mass is 301 g/mol. The average Bonchev–Trinajstić information content (AvgIpc) is 2.78. The van der Waals surface area contributed by atoms with Crippen molar-refractivity contribution < 1.29 is 4.39 Å². The van der Waals surface area contributed by atoms with Crippen LogP contribution >= 0.6 is 11.3 Å². The second kappa shape index (κ2) is 5.41. The number of anilines is 1. The fraction of sp³-hybridized carbons (Fsp3) is 0.250. The summed E-state index contributed by atoms with van der Waals surface area (Å²) in [5, 5.41) is 4.29. The zero-order valence-corrected chi connectivity index (χ0v) is 13.0. The Labute approximate surface area is 126 Å². The van der Waals surface area contributed by atoms with E-state index in [1.165, 1.54) is 17.0 Å². The molecular weight excluding hydrogens is 285 g/mol. The second-order valence-corrected chi connectivity index (χ2v) is 6.25. The van der Waals surface area contributed by atoms with Gasteiger partial charge in [0.1, 0.15) is 16.5 Å². The molecule has 0 radical (unpaired) electrons. The summed E-state index contributed by atoms with van der Waals surface area (Å²) in [4.78, 5) is 11.3. The molecule has 1 N–H and O–H groups in total. The molecule has 2 aromatic heterocycles. The Morgan fingerprint density at radius 1 is 1.14 bits per heavy atom. The summed E-state index contributed by atoms with van der Waals surface area (Å²) in [6.07, 6.45) is 0. The van der Waals surface area contributed by atoms with Crippen molar-refractivity contribution in [3.63, 3.8) is 0 Å². The normalized spacial score (nSPS) is 11.0. The van der Waals surface area contributed by atoms with Crippen molar-refractivity contribution in [2.75, 3.05) is 11.9 Å². The molecule has 1 aromatic carbocycles. The molecule has 0 aliphatic rings. The number of thiophene rings is 1. The van der Waals surface area contributed by atoms with E-state index in [0.29, 0.717) is 11.4 Å². The smallest absolute Gasteiger partial charge is 0.163 e. The van der Waals surface area contributed by atoms with Crippen molar-refractivity contribution in [1.82, 2.24) is 9.97 Å². The standard InChI is InChI=1S/C16H16FN3S/c1-4-18-15-13-7-10(3)21-16(13)20-14(19-15)11-5-9(2)6-12(17)8-11/h5-8H,4H2,1-3H3,(H,18,19,20). The number of hydrogen-bond donors (Lipinski definition) is 1. The van der Waals surface area contributed by atoms with Gasteiger partial charge in [0.15, 0.2) is 5.82 Å². The maximum absolute atomic E-state index is 13.6. The van der Waals surface area contributed by atoms with Crippen LogP contribution in [0.5, 0.6) is 0 Å². The molecule has 0 fully saturated rings. The summed E-state index contributed by atoms with van der Waals surface area (Å²) in [6.45, 7) is 6.72. The summed E-state index contributed by atoms with van der Waals surface area (Å²) in [6, 6.07) is 6.96.